The molecule has 0 saturated carbocycles. The highest BCUT2D eigenvalue weighted by Gasteiger charge is 2.38. The number of nitrogens with zero attached hydrogens (tertiary/aromatic N) is 2. The maximum Gasteiger partial charge on any atom is 0.349 e. The van der Waals surface area contributed by atoms with Gasteiger partial charge in [0.05, 0.1) is 5.69 Å². The van der Waals surface area contributed by atoms with E-state index in [2.05, 4.69) is 16.2 Å². The molecule has 0 saturated heterocycles. The van der Waals surface area contributed by atoms with Gasteiger partial charge >= 0.3 is 5.63 Å². The Labute approximate surface area is 200 Å². The number of aryl methyl sites for hydroxylation is 1. The van der Waals surface area contributed by atoms with Crippen molar-refractivity contribution < 1.29 is 13.9 Å². The molecule has 35 heavy (non-hydrogen) atoms. The summed E-state index contributed by atoms with van der Waals surface area (Å²) in [4.78, 5) is 29.0. The fourth-order valence-corrected chi connectivity index (χ4v) is 4.49. The van der Waals surface area contributed by atoms with Crippen LogP contribution in [0, 0.1) is 6.92 Å². The lowest BCUT2D eigenvalue weighted by molar-refractivity contribution is -0.135. The van der Waals surface area contributed by atoms with Crippen LogP contribution < -0.4 is 5.63 Å². The Bertz CT molecular complexity index is 1700. The van der Waals surface area contributed by atoms with Crippen LogP contribution in [0.5, 0.6) is 0 Å². The number of ether oxygens (including phenoxy) is 1. The first-order chi connectivity index (χ1) is 17.0. The van der Waals surface area contributed by atoms with E-state index >= 15 is 0 Å². The van der Waals surface area contributed by atoms with Gasteiger partial charge in [-0.1, -0.05) is 60.2 Å². The van der Waals surface area contributed by atoms with E-state index in [0.717, 1.165) is 38.7 Å². The van der Waals surface area contributed by atoms with Crippen LogP contribution in [0.2, 0.25) is 0 Å². The number of benzene rings is 3. The molecule has 7 heteroatoms. The molecule has 172 valence electrons. The molecule has 3 aromatic carbocycles. The highest BCUT2D eigenvalue weighted by atomic mass is 16.5. The molecule has 0 radical (unpaired) electrons. The molecule has 1 aliphatic heterocycles. The number of aromatic nitrogens is 1. The van der Waals surface area contributed by atoms with Gasteiger partial charge in [0, 0.05) is 28.8 Å². The second-order valence-corrected chi connectivity index (χ2v) is 8.55. The van der Waals surface area contributed by atoms with Crippen LogP contribution in [0.4, 0.5) is 0 Å². The van der Waals surface area contributed by atoms with E-state index in [4.69, 9.17) is 9.15 Å². The summed E-state index contributed by atoms with van der Waals surface area (Å²) in [6.07, 6.45) is -0.862. The molecule has 0 aliphatic carbocycles. The Morgan fingerprint density at radius 2 is 1.77 bits per heavy atom. The van der Waals surface area contributed by atoms with Gasteiger partial charge in [0.25, 0.3) is 0 Å². The first-order valence-electron chi connectivity index (χ1n) is 11.3. The van der Waals surface area contributed by atoms with E-state index in [1.165, 1.54) is 11.9 Å². The Morgan fingerprint density at radius 1 is 1.00 bits per heavy atom. The SMILES string of the molecule is CC(=O)N1N=C(c2cc3ccccc3oc2=O)OC1c1c(-c2ccccc2)[nH]c2ccc(C)cc12. The smallest absolute Gasteiger partial charge is 0.349 e. The van der Waals surface area contributed by atoms with Crippen LogP contribution in [0.3, 0.4) is 0 Å². The summed E-state index contributed by atoms with van der Waals surface area (Å²) in [5.74, 6) is -0.262. The van der Waals surface area contributed by atoms with Crippen LogP contribution in [0.15, 0.2) is 93.2 Å². The number of para-hydroxylation sites is 1. The van der Waals surface area contributed by atoms with E-state index in [1.807, 2.05) is 61.5 Å². The summed E-state index contributed by atoms with van der Waals surface area (Å²) in [6.45, 7) is 3.44. The normalized spacial score (nSPS) is 15.4. The van der Waals surface area contributed by atoms with Crippen molar-refractivity contribution in [1.29, 1.82) is 0 Å². The number of nitrogens with one attached hydrogen (secondary N) is 1. The molecule has 1 N–H and O–H groups in total. The van der Waals surface area contributed by atoms with E-state index in [9.17, 15) is 9.59 Å². The second-order valence-electron chi connectivity index (χ2n) is 8.55. The Balaban J connectivity index is 1.53. The monoisotopic (exact) mass is 463 g/mol. The van der Waals surface area contributed by atoms with Crippen LogP contribution in [0.25, 0.3) is 33.1 Å². The van der Waals surface area contributed by atoms with Crippen molar-refractivity contribution in [2.24, 2.45) is 5.10 Å². The lowest BCUT2D eigenvalue weighted by Gasteiger charge is -2.20. The van der Waals surface area contributed by atoms with Gasteiger partial charge < -0.3 is 14.1 Å². The summed E-state index contributed by atoms with van der Waals surface area (Å²) < 4.78 is 11.8. The van der Waals surface area contributed by atoms with Gasteiger partial charge in [0.1, 0.15) is 11.1 Å². The minimum atomic E-state index is -0.862. The van der Waals surface area contributed by atoms with Crippen molar-refractivity contribution in [3.05, 3.63) is 106 Å². The number of hydrogen-bond donors (Lipinski definition) is 1. The van der Waals surface area contributed by atoms with Gasteiger partial charge in [0.2, 0.25) is 18.0 Å². The number of hydrogen-bond acceptors (Lipinski definition) is 5. The molecule has 0 fully saturated rings. The third-order valence-corrected chi connectivity index (χ3v) is 6.14. The topological polar surface area (TPSA) is 87.9 Å². The molecule has 5 aromatic rings. The quantitative estimate of drug-likeness (QED) is 0.359. The van der Waals surface area contributed by atoms with Gasteiger partial charge in [-0.05, 0) is 36.8 Å². The van der Waals surface area contributed by atoms with Crippen LogP contribution in [0.1, 0.15) is 29.8 Å². The van der Waals surface area contributed by atoms with Crippen molar-refractivity contribution in [1.82, 2.24) is 9.99 Å². The van der Waals surface area contributed by atoms with E-state index in [1.54, 1.807) is 18.2 Å². The maximum atomic E-state index is 12.8. The zero-order valence-corrected chi connectivity index (χ0v) is 19.1. The van der Waals surface area contributed by atoms with Crippen molar-refractivity contribution in [3.63, 3.8) is 0 Å². The number of amides is 1. The first-order valence-corrected chi connectivity index (χ1v) is 11.3. The summed E-state index contributed by atoms with van der Waals surface area (Å²) >= 11 is 0. The van der Waals surface area contributed by atoms with Crippen molar-refractivity contribution in [3.8, 4) is 11.3 Å². The number of hydrazone groups is 1. The fourth-order valence-electron chi connectivity index (χ4n) is 4.49. The van der Waals surface area contributed by atoms with Crippen LogP contribution >= 0.6 is 0 Å². The summed E-state index contributed by atoms with van der Waals surface area (Å²) in [7, 11) is 0. The average Bonchev–Trinajstić information content (AvgIpc) is 3.45. The largest absolute Gasteiger partial charge is 0.445 e. The molecule has 1 unspecified atom stereocenters. The molecule has 1 atom stereocenters. The number of rotatable bonds is 3. The van der Waals surface area contributed by atoms with Gasteiger partial charge in [-0.3, -0.25) is 4.79 Å². The number of fused-ring (bicyclic) bond motifs is 2. The number of aromatic amines is 1. The van der Waals surface area contributed by atoms with Crippen molar-refractivity contribution in [2.45, 2.75) is 20.1 Å². The zero-order chi connectivity index (χ0) is 24.1. The highest BCUT2D eigenvalue weighted by molar-refractivity contribution is 5.99. The predicted octanol–water partition coefficient (Wildman–Crippen LogP) is 5.49. The standard InChI is InChI=1S/C28H21N3O4/c1-16-12-13-22-20(14-16)24(25(29-22)18-8-4-3-5-9-18)27-31(17(2)32)30-26(35-27)21-15-19-10-6-7-11-23(19)34-28(21)33/h3-15,27,29H,1-2H3. The highest BCUT2D eigenvalue weighted by Crippen LogP contribution is 2.41. The average molecular weight is 463 g/mol. The van der Waals surface area contributed by atoms with Gasteiger partial charge in [0.15, 0.2) is 0 Å². The number of carbonyl (C=O) groups is 1. The molecule has 1 aliphatic rings. The van der Waals surface area contributed by atoms with Crippen molar-refractivity contribution in [2.75, 3.05) is 0 Å². The minimum absolute atomic E-state index is 0.0470. The summed E-state index contributed by atoms with van der Waals surface area (Å²) in [6, 6.07) is 24.8. The molecule has 2 aromatic heterocycles. The lowest BCUT2D eigenvalue weighted by Crippen LogP contribution is -2.25. The van der Waals surface area contributed by atoms with Crippen LogP contribution in [-0.4, -0.2) is 21.8 Å². The summed E-state index contributed by atoms with van der Waals surface area (Å²) in [5, 5.41) is 7.36. The Hall–Kier alpha value is -4.65. The third-order valence-electron chi connectivity index (χ3n) is 6.14. The van der Waals surface area contributed by atoms with Gasteiger partial charge in [-0.25, -0.2) is 4.79 Å². The van der Waals surface area contributed by atoms with Gasteiger partial charge in [-0.15, -0.1) is 5.10 Å². The maximum absolute atomic E-state index is 12.8. The molecule has 1 amide bonds. The second kappa shape index (κ2) is 7.99. The zero-order valence-electron chi connectivity index (χ0n) is 19.1. The third kappa shape index (κ3) is 3.49. The molecule has 6 rings (SSSR count). The number of carbonyl (C=O) groups excluding carboxylic acids is 1. The minimum Gasteiger partial charge on any atom is -0.445 e. The summed E-state index contributed by atoms with van der Waals surface area (Å²) in [5.41, 5.74) is 4.58. The molecular weight excluding hydrogens is 442 g/mol. The predicted molar refractivity (Wildman–Crippen MR) is 134 cm³/mol. The molecule has 0 spiro atoms. The lowest BCUT2D eigenvalue weighted by atomic mass is 10.0. The molecule has 0 bridgehead atoms. The molecule has 7 nitrogen and oxygen atoms in total. The Morgan fingerprint density at radius 3 is 2.57 bits per heavy atom. The van der Waals surface area contributed by atoms with Crippen LogP contribution in [-0.2, 0) is 9.53 Å². The van der Waals surface area contributed by atoms with E-state index in [-0.39, 0.29) is 17.4 Å². The van der Waals surface area contributed by atoms with Gasteiger partial charge in [-0.2, -0.15) is 5.01 Å². The molecule has 3 heterocycles. The fraction of sp³-hybridized carbons (Fsp3) is 0.107. The van der Waals surface area contributed by atoms with E-state index in [0.29, 0.717) is 5.58 Å². The van der Waals surface area contributed by atoms with E-state index < -0.39 is 11.9 Å². The Kier molecular flexibility index (Phi) is 4.77. The van der Waals surface area contributed by atoms with Crippen molar-refractivity contribution >= 4 is 33.7 Å². The first kappa shape index (κ1) is 20.9. The number of H-pyrrole nitrogens is 1. The molecular formula is C28H21N3O4.